The number of fused-ring (bicyclic) bond motifs is 1. The van der Waals surface area contributed by atoms with Crippen LogP contribution >= 0.6 is 11.6 Å². The molecular weight excluding hydrogens is 304 g/mol. The molecule has 1 N–H and O–H groups in total. The lowest BCUT2D eigenvalue weighted by Gasteiger charge is -2.04. The summed E-state index contributed by atoms with van der Waals surface area (Å²) in [6, 6.07) is 7.33. The van der Waals surface area contributed by atoms with Crippen molar-refractivity contribution in [3.05, 3.63) is 40.8 Å². The molecule has 2 aromatic heterocycles. The number of hydrogen-bond acceptors (Lipinski definition) is 4. The van der Waals surface area contributed by atoms with Crippen molar-refractivity contribution in [3.63, 3.8) is 0 Å². The second kappa shape index (κ2) is 7.59. The third-order valence-corrected chi connectivity index (χ3v) is 3.26. The van der Waals surface area contributed by atoms with Crippen LogP contribution in [0.5, 0.6) is 0 Å². The van der Waals surface area contributed by atoms with Crippen LogP contribution in [-0.4, -0.2) is 35.6 Å². The molecule has 2 rings (SSSR count). The number of imidazole rings is 1. The lowest BCUT2D eigenvalue weighted by Crippen LogP contribution is -2.26. The lowest BCUT2D eigenvalue weighted by atomic mass is 10.2. The number of ether oxygens (including phenoxy) is 1. The number of methoxy groups -OCH3 is 1. The normalized spacial score (nSPS) is 11.4. The maximum absolute atomic E-state index is 12.0. The number of nitrogens with zero attached hydrogens (tertiary/aromatic N) is 3. The zero-order valence-electron chi connectivity index (χ0n) is 12.0. The molecule has 0 unspecified atom stereocenters. The first-order valence-electron chi connectivity index (χ1n) is 6.69. The van der Waals surface area contributed by atoms with Crippen molar-refractivity contribution in [2.75, 3.05) is 20.3 Å². The number of carbonyl (C=O) groups excluding carboxylic acids is 1. The number of carbonyl (C=O) groups is 1. The first kappa shape index (κ1) is 16.0. The van der Waals surface area contributed by atoms with Crippen LogP contribution in [0, 0.1) is 11.3 Å². The van der Waals surface area contributed by atoms with Crippen LogP contribution in [0.2, 0.25) is 5.15 Å². The van der Waals surface area contributed by atoms with E-state index in [1.54, 1.807) is 23.8 Å². The molecule has 0 spiro atoms. The standard InChI is InChI=1S/C15H15ClN4O2/c1-22-8-4-6-18-15(21)11(10-17)9-12-14(16)19-13-5-2-3-7-20(12)13/h2-3,5,7,9H,4,6,8H2,1H3,(H,18,21)/b11-9+. The van der Waals surface area contributed by atoms with Crippen LogP contribution in [-0.2, 0) is 9.53 Å². The Labute approximate surface area is 133 Å². The number of amides is 1. The summed E-state index contributed by atoms with van der Waals surface area (Å²) in [5, 5.41) is 12.1. The van der Waals surface area contributed by atoms with E-state index in [1.165, 1.54) is 6.08 Å². The minimum Gasteiger partial charge on any atom is -0.385 e. The van der Waals surface area contributed by atoms with Gasteiger partial charge in [-0.1, -0.05) is 17.7 Å². The molecule has 0 aromatic carbocycles. The highest BCUT2D eigenvalue weighted by atomic mass is 35.5. The molecular formula is C15H15ClN4O2. The Hall–Kier alpha value is -2.36. The van der Waals surface area contributed by atoms with Crippen LogP contribution in [0.15, 0.2) is 30.0 Å². The molecule has 114 valence electrons. The van der Waals surface area contributed by atoms with Crippen LogP contribution in [0.1, 0.15) is 12.1 Å². The van der Waals surface area contributed by atoms with Crippen molar-refractivity contribution in [3.8, 4) is 6.07 Å². The Morgan fingerprint density at radius 2 is 2.41 bits per heavy atom. The van der Waals surface area contributed by atoms with Gasteiger partial charge in [0.25, 0.3) is 5.91 Å². The summed E-state index contributed by atoms with van der Waals surface area (Å²) in [5.74, 6) is -0.444. The molecule has 0 aliphatic heterocycles. The largest absolute Gasteiger partial charge is 0.385 e. The number of nitriles is 1. The zero-order chi connectivity index (χ0) is 15.9. The van der Waals surface area contributed by atoms with E-state index < -0.39 is 5.91 Å². The van der Waals surface area contributed by atoms with Gasteiger partial charge in [0.05, 0.1) is 5.69 Å². The summed E-state index contributed by atoms with van der Waals surface area (Å²) in [6.07, 6.45) is 3.89. The maximum Gasteiger partial charge on any atom is 0.262 e. The minimum atomic E-state index is -0.444. The second-order valence-corrected chi connectivity index (χ2v) is 4.85. The Balaban J connectivity index is 2.22. The highest BCUT2D eigenvalue weighted by molar-refractivity contribution is 6.31. The van der Waals surface area contributed by atoms with E-state index in [0.717, 1.165) is 0 Å². The third kappa shape index (κ3) is 3.64. The summed E-state index contributed by atoms with van der Waals surface area (Å²) in [4.78, 5) is 16.2. The summed E-state index contributed by atoms with van der Waals surface area (Å²) in [5.41, 5.74) is 1.13. The van der Waals surface area contributed by atoms with Crippen molar-refractivity contribution >= 4 is 29.2 Å². The molecule has 2 aromatic rings. The van der Waals surface area contributed by atoms with E-state index in [4.69, 9.17) is 16.3 Å². The molecule has 0 bridgehead atoms. The van der Waals surface area contributed by atoms with Gasteiger partial charge < -0.3 is 10.1 Å². The fourth-order valence-corrected chi connectivity index (χ4v) is 2.15. The smallest absolute Gasteiger partial charge is 0.262 e. The van der Waals surface area contributed by atoms with Crippen molar-refractivity contribution < 1.29 is 9.53 Å². The molecule has 0 atom stereocenters. The van der Waals surface area contributed by atoms with E-state index >= 15 is 0 Å². The predicted molar refractivity (Wildman–Crippen MR) is 83.3 cm³/mol. The van der Waals surface area contributed by atoms with E-state index in [2.05, 4.69) is 10.3 Å². The van der Waals surface area contributed by atoms with E-state index in [9.17, 15) is 10.1 Å². The highest BCUT2D eigenvalue weighted by Gasteiger charge is 2.13. The van der Waals surface area contributed by atoms with Gasteiger partial charge in [0.1, 0.15) is 17.3 Å². The van der Waals surface area contributed by atoms with Gasteiger partial charge in [0.2, 0.25) is 0 Å². The summed E-state index contributed by atoms with van der Waals surface area (Å²) >= 11 is 6.08. The van der Waals surface area contributed by atoms with Crippen LogP contribution in [0.3, 0.4) is 0 Å². The number of aromatic nitrogens is 2. The first-order chi connectivity index (χ1) is 10.7. The first-order valence-corrected chi connectivity index (χ1v) is 7.06. The molecule has 6 nitrogen and oxygen atoms in total. The molecule has 0 aliphatic rings. The molecule has 7 heteroatoms. The fraction of sp³-hybridized carbons (Fsp3) is 0.267. The second-order valence-electron chi connectivity index (χ2n) is 4.49. The summed E-state index contributed by atoms with van der Waals surface area (Å²) < 4.78 is 6.62. The average Bonchev–Trinajstić information content (AvgIpc) is 2.84. The lowest BCUT2D eigenvalue weighted by molar-refractivity contribution is -0.117. The van der Waals surface area contributed by atoms with Gasteiger partial charge in [-0.15, -0.1) is 0 Å². The summed E-state index contributed by atoms with van der Waals surface area (Å²) in [6.45, 7) is 0.984. The van der Waals surface area contributed by atoms with Gasteiger partial charge in [0, 0.05) is 26.5 Å². The molecule has 2 heterocycles. The molecule has 0 saturated carbocycles. The molecule has 1 amide bonds. The third-order valence-electron chi connectivity index (χ3n) is 2.98. The fourth-order valence-electron chi connectivity index (χ4n) is 1.91. The van der Waals surface area contributed by atoms with Gasteiger partial charge in [-0.25, -0.2) is 4.98 Å². The Bertz CT molecular complexity index is 746. The number of pyridine rings is 1. The number of hydrogen-bond donors (Lipinski definition) is 1. The van der Waals surface area contributed by atoms with Crippen LogP contribution in [0.4, 0.5) is 0 Å². The average molecular weight is 319 g/mol. The summed E-state index contributed by atoms with van der Waals surface area (Å²) in [7, 11) is 1.59. The van der Waals surface area contributed by atoms with Gasteiger partial charge in [0.15, 0.2) is 5.15 Å². The van der Waals surface area contributed by atoms with E-state index in [0.29, 0.717) is 30.9 Å². The number of nitrogens with one attached hydrogen (secondary N) is 1. The van der Waals surface area contributed by atoms with Gasteiger partial charge in [-0.3, -0.25) is 9.20 Å². The van der Waals surface area contributed by atoms with Crippen molar-refractivity contribution in [1.29, 1.82) is 5.26 Å². The molecule has 0 radical (unpaired) electrons. The monoisotopic (exact) mass is 318 g/mol. The maximum atomic E-state index is 12.0. The van der Waals surface area contributed by atoms with Crippen LogP contribution in [0.25, 0.3) is 11.7 Å². The Morgan fingerprint density at radius 3 is 3.14 bits per heavy atom. The van der Waals surface area contributed by atoms with Crippen molar-refractivity contribution in [1.82, 2.24) is 14.7 Å². The highest BCUT2D eigenvalue weighted by Crippen LogP contribution is 2.20. The number of rotatable bonds is 6. The van der Waals surface area contributed by atoms with Gasteiger partial charge in [-0.05, 0) is 24.6 Å². The Morgan fingerprint density at radius 1 is 1.59 bits per heavy atom. The molecule has 0 aliphatic carbocycles. The van der Waals surface area contributed by atoms with Gasteiger partial charge >= 0.3 is 0 Å². The molecule has 22 heavy (non-hydrogen) atoms. The van der Waals surface area contributed by atoms with Crippen LogP contribution < -0.4 is 5.32 Å². The zero-order valence-corrected chi connectivity index (χ0v) is 12.8. The van der Waals surface area contributed by atoms with Crippen molar-refractivity contribution in [2.24, 2.45) is 0 Å². The van der Waals surface area contributed by atoms with Gasteiger partial charge in [-0.2, -0.15) is 5.26 Å². The van der Waals surface area contributed by atoms with E-state index in [-0.39, 0.29) is 10.7 Å². The predicted octanol–water partition coefficient (Wildman–Crippen LogP) is 2.05. The molecule has 0 fully saturated rings. The topological polar surface area (TPSA) is 79.4 Å². The minimum absolute atomic E-state index is 0.0232. The molecule has 0 saturated heterocycles. The van der Waals surface area contributed by atoms with Crippen molar-refractivity contribution in [2.45, 2.75) is 6.42 Å². The quantitative estimate of drug-likeness (QED) is 0.502. The van der Waals surface area contributed by atoms with E-state index in [1.807, 2.05) is 18.2 Å². The number of halogens is 1. The Kier molecular flexibility index (Phi) is 5.53. The SMILES string of the molecule is COCCCNC(=O)/C(C#N)=C/c1c(Cl)nc2ccccn12.